The molecule has 0 aromatic heterocycles. The van der Waals surface area contributed by atoms with Gasteiger partial charge >= 0.3 is 5.97 Å². The average Bonchev–Trinajstić information content (AvgIpc) is 2.58. The van der Waals surface area contributed by atoms with Crippen molar-refractivity contribution in [3.63, 3.8) is 0 Å². The third kappa shape index (κ3) is 3.98. The lowest BCUT2D eigenvalue weighted by Gasteiger charge is -2.15. The lowest BCUT2D eigenvalue weighted by atomic mass is 9.90. The predicted octanol–water partition coefficient (Wildman–Crippen LogP) is 4.01. The Hall–Kier alpha value is -2.60. The number of esters is 1. The topological polar surface area (TPSA) is 43.4 Å². The highest BCUT2D eigenvalue weighted by Gasteiger charge is 2.29. The molecule has 0 amide bonds. The Balaban J connectivity index is 2.34. The van der Waals surface area contributed by atoms with Crippen LogP contribution in [0.4, 0.5) is 0 Å². The summed E-state index contributed by atoms with van der Waals surface area (Å²) in [5, 5.41) is 1.83. The molecule has 0 aliphatic carbocycles. The summed E-state index contributed by atoms with van der Waals surface area (Å²) < 4.78 is 5.08. The zero-order valence-corrected chi connectivity index (χ0v) is 13.2. The van der Waals surface area contributed by atoms with Gasteiger partial charge in [0.2, 0.25) is 0 Å². The van der Waals surface area contributed by atoms with E-state index in [1.165, 1.54) is 0 Å². The number of carbonyl (C=O) groups excluding carboxylic acids is 2. The lowest BCUT2D eigenvalue weighted by molar-refractivity contribution is -0.146. The fourth-order valence-electron chi connectivity index (χ4n) is 2.64. The van der Waals surface area contributed by atoms with Crippen LogP contribution < -0.4 is 0 Å². The minimum Gasteiger partial charge on any atom is -0.465 e. The smallest absolute Gasteiger partial charge is 0.316 e. The molecule has 2 rings (SSSR count). The molecule has 0 saturated heterocycles. The number of ketones is 1. The van der Waals surface area contributed by atoms with Crippen molar-refractivity contribution in [1.82, 2.24) is 0 Å². The van der Waals surface area contributed by atoms with Gasteiger partial charge in [-0.2, -0.15) is 0 Å². The van der Waals surface area contributed by atoms with Crippen molar-refractivity contribution in [2.24, 2.45) is 5.92 Å². The second-order valence-corrected chi connectivity index (χ2v) is 5.29. The number of unbranched alkanes of at least 4 members (excludes halogenated alkanes) is 1. The van der Waals surface area contributed by atoms with E-state index in [-0.39, 0.29) is 12.4 Å². The summed E-state index contributed by atoms with van der Waals surface area (Å²) in [7, 11) is 0. The predicted molar refractivity (Wildman–Crippen MR) is 91.1 cm³/mol. The van der Waals surface area contributed by atoms with Gasteiger partial charge < -0.3 is 4.74 Å². The summed E-state index contributed by atoms with van der Waals surface area (Å²) in [5.74, 6) is 1.07. The van der Waals surface area contributed by atoms with Crippen LogP contribution in [0.15, 0.2) is 42.5 Å². The third-order valence-corrected chi connectivity index (χ3v) is 3.76. The van der Waals surface area contributed by atoms with Gasteiger partial charge in [0.05, 0.1) is 6.61 Å². The molecule has 0 saturated carbocycles. The average molecular weight is 308 g/mol. The first-order chi connectivity index (χ1) is 11.2. The Kier molecular flexibility index (Phi) is 5.94. The van der Waals surface area contributed by atoms with E-state index < -0.39 is 11.9 Å². The lowest BCUT2D eigenvalue weighted by Crippen LogP contribution is -2.26. The van der Waals surface area contributed by atoms with Crippen molar-refractivity contribution in [2.45, 2.75) is 26.2 Å². The number of terminal acetylenes is 1. The largest absolute Gasteiger partial charge is 0.465 e. The summed E-state index contributed by atoms with van der Waals surface area (Å²) in [6.45, 7) is 1.99. The highest BCUT2D eigenvalue weighted by Crippen LogP contribution is 2.24. The molecule has 23 heavy (non-hydrogen) atoms. The molecule has 0 bridgehead atoms. The molecule has 1 unspecified atom stereocenters. The molecular weight excluding hydrogens is 288 g/mol. The fraction of sp³-hybridized carbons (Fsp3) is 0.300. The third-order valence-electron chi connectivity index (χ3n) is 3.76. The first-order valence-electron chi connectivity index (χ1n) is 7.81. The van der Waals surface area contributed by atoms with E-state index in [4.69, 9.17) is 11.2 Å². The van der Waals surface area contributed by atoms with Crippen LogP contribution in [0, 0.1) is 18.3 Å². The van der Waals surface area contributed by atoms with Crippen molar-refractivity contribution < 1.29 is 14.3 Å². The van der Waals surface area contributed by atoms with E-state index in [9.17, 15) is 9.59 Å². The monoisotopic (exact) mass is 308 g/mol. The maximum absolute atomic E-state index is 12.9. The van der Waals surface area contributed by atoms with Gasteiger partial charge in [0.15, 0.2) is 5.78 Å². The Labute approximate surface area is 136 Å². The number of hydrogen-bond donors (Lipinski definition) is 0. The van der Waals surface area contributed by atoms with Crippen molar-refractivity contribution >= 4 is 22.5 Å². The summed E-state index contributed by atoms with van der Waals surface area (Å²) in [4.78, 5) is 25.1. The summed E-state index contributed by atoms with van der Waals surface area (Å²) >= 11 is 0. The van der Waals surface area contributed by atoms with Gasteiger partial charge in [-0.1, -0.05) is 42.5 Å². The molecular formula is C20H20O3. The summed E-state index contributed by atoms with van der Waals surface area (Å²) in [6, 6.07) is 13.2. The highest BCUT2D eigenvalue weighted by atomic mass is 16.5. The molecule has 3 heteroatoms. The standard InChI is InChI=1S/C20H20O3/c1-3-5-6-13-18(20(22)23-4-2)19(21)17-14-9-11-15-10-7-8-12-16(15)17/h1,7-12,14,18H,4-6,13H2,2H3. The van der Waals surface area contributed by atoms with Crippen molar-refractivity contribution in [3.8, 4) is 12.3 Å². The van der Waals surface area contributed by atoms with Gasteiger partial charge in [0, 0.05) is 12.0 Å². The number of rotatable bonds is 7. The van der Waals surface area contributed by atoms with Gasteiger partial charge in [-0.05, 0) is 30.5 Å². The van der Waals surface area contributed by atoms with Gasteiger partial charge in [0.25, 0.3) is 0 Å². The number of Topliss-reactive ketones (excluding diaryl/α,β-unsaturated/α-hetero) is 1. The number of ether oxygens (including phenoxy) is 1. The van der Waals surface area contributed by atoms with Gasteiger partial charge in [-0.15, -0.1) is 12.3 Å². The molecule has 2 aromatic carbocycles. The molecule has 0 aliphatic rings. The van der Waals surface area contributed by atoms with Gasteiger partial charge in [-0.25, -0.2) is 0 Å². The van der Waals surface area contributed by atoms with E-state index in [1.807, 2.05) is 36.4 Å². The van der Waals surface area contributed by atoms with Crippen molar-refractivity contribution in [3.05, 3.63) is 48.0 Å². The Morgan fingerprint density at radius 2 is 1.91 bits per heavy atom. The highest BCUT2D eigenvalue weighted by molar-refractivity contribution is 6.15. The van der Waals surface area contributed by atoms with E-state index >= 15 is 0 Å². The van der Waals surface area contributed by atoms with E-state index in [2.05, 4.69) is 5.92 Å². The molecule has 118 valence electrons. The molecule has 0 fully saturated rings. The zero-order chi connectivity index (χ0) is 16.7. The Morgan fingerprint density at radius 1 is 1.17 bits per heavy atom. The Morgan fingerprint density at radius 3 is 2.65 bits per heavy atom. The number of benzene rings is 2. The van der Waals surface area contributed by atoms with Crippen LogP contribution in [-0.4, -0.2) is 18.4 Å². The van der Waals surface area contributed by atoms with Crippen LogP contribution in [0.3, 0.4) is 0 Å². The molecule has 0 N–H and O–H groups in total. The normalized spacial score (nSPS) is 11.7. The second-order valence-electron chi connectivity index (χ2n) is 5.29. The first-order valence-corrected chi connectivity index (χ1v) is 7.81. The minimum atomic E-state index is -0.797. The fourth-order valence-corrected chi connectivity index (χ4v) is 2.64. The van der Waals surface area contributed by atoms with Gasteiger partial charge in [0.1, 0.15) is 5.92 Å². The van der Waals surface area contributed by atoms with Gasteiger partial charge in [-0.3, -0.25) is 9.59 Å². The molecule has 0 spiro atoms. The molecule has 1 atom stereocenters. The van der Waals surface area contributed by atoms with E-state index in [0.29, 0.717) is 24.8 Å². The van der Waals surface area contributed by atoms with E-state index in [0.717, 1.165) is 10.8 Å². The quantitative estimate of drug-likeness (QED) is 0.255. The number of hydrogen-bond acceptors (Lipinski definition) is 3. The second kappa shape index (κ2) is 8.14. The molecule has 0 radical (unpaired) electrons. The van der Waals surface area contributed by atoms with Crippen LogP contribution in [0.5, 0.6) is 0 Å². The van der Waals surface area contributed by atoms with Crippen LogP contribution in [0.25, 0.3) is 10.8 Å². The molecule has 0 heterocycles. The summed E-state index contributed by atoms with van der Waals surface area (Å²) in [5.41, 5.74) is 0.557. The van der Waals surface area contributed by atoms with Crippen molar-refractivity contribution in [1.29, 1.82) is 0 Å². The van der Waals surface area contributed by atoms with Crippen molar-refractivity contribution in [2.75, 3.05) is 6.61 Å². The first kappa shape index (κ1) is 16.8. The van der Waals surface area contributed by atoms with Crippen LogP contribution in [0.2, 0.25) is 0 Å². The molecule has 3 nitrogen and oxygen atoms in total. The maximum Gasteiger partial charge on any atom is 0.316 e. The van der Waals surface area contributed by atoms with Crippen LogP contribution in [-0.2, 0) is 9.53 Å². The van der Waals surface area contributed by atoms with Crippen LogP contribution >= 0.6 is 0 Å². The molecule has 0 aliphatic heterocycles. The minimum absolute atomic E-state index is 0.197. The van der Waals surface area contributed by atoms with E-state index in [1.54, 1.807) is 13.0 Å². The number of carbonyl (C=O) groups is 2. The zero-order valence-electron chi connectivity index (χ0n) is 13.2. The number of fused-ring (bicyclic) bond motifs is 1. The Bertz CT molecular complexity index is 735. The van der Waals surface area contributed by atoms with Crippen LogP contribution in [0.1, 0.15) is 36.5 Å². The SMILES string of the molecule is C#CCCCC(C(=O)OCC)C(=O)c1cccc2ccccc12. The maximum atomic E-state index is 12.9. The summed E-state index contributed by atoms with van der Waals surface area (Å²) in [6.07, 6.45) is 6.83. The molecule has 2 aromatic rings.